The van der Waals surface area contributed by atoms with Crippen LogP contribution in [0.15, 0.2) is 18.2 Å². The second kappa shape index (κ2) is 6.42. The zero-order chi connectivity index (χ0) is 13.8. The van der Waals surface area contributed by atoms with Crippen LogP contribution in [0.5, 0.6) is 5.75 Å². The average molecular weight is 326 g/mol. The monoisotopic (exact) mass is 325 g/mol. The Morgan fingerprint density at radius 3 is 3.00 bits per heavy atom. The third kappa shape index (κ3) is 3.11. The molecule has 1 aromatic carbocycles. The van der Waals surface area contributed by atoms with Gasteiger partial charge in [0.25, 0.3) is 5.91 Å². The summed E-state index contributed by atoms with van der Waals surface area (Å²) in [6, 6.07) is 5.65. The molecule has 1 aliphatic rings. The summed E-state index contributed by atoms with van der Waals surface area (Å²) >= 11 is 3.46. The molecule has 1 saturated heterocycles. The SMILES string of the molecule is Cc1cccc(C(=O)N2CCCCC2CCBr)c1O. The van der Waals surface area contributed by atoms with Gasteiger partial charge in [0.1, 0.15) is 5.75 Å². The molecule has 1 aliphatic heterocycles. The molecule has 0 aliphatic carbocycles. The molecule has 1 amide bonds. The predicted molar refractivity (Wildman–Crippen MR) is 79.9 cm³/mol. The van der Waals surface area contributed by atoms with Gasteiger partial charge in [0.15, 0.2) is 0 Å². The Hall–Kier alpha value is -1.03. The second-order valence-electron chi connectivity index (χ2n) is 5.10. The summed E-state index contributed by atoms with van der Waals surface area (Å²) in [4.78, 5) is 14.5. The molecule has 104 valence electrons. The first-order valence-electron chi connectivity index (χ1n) is 6.80. The van der Waals surface area contributed by atoms with Gasteiger partial charge in [0.2, 0.25) is 0 Å². The maximum Gasteiger partial charge on any atom is 0.257 e. The number of carbonyl (C=O) groups excluding carboxylic acids is 1. The first-order chi connectivity index (χ1) is 9.15. The van der Waals surface area contributed by atoms with E-state index in [9.17, 15) is 9.90 Å². The highest BCUT2D eigenvalue weighted by atomic mass is 79.9. The van der Waals surface area contributed by atoms with E-state index in [4.69, 9.17) is 0 Å². The van der Waals surface area contributed by atoms with Crippen molar-refractivity contribution >= 4 is 21.8 Å². The van der Waals surface area contributed by atoms with Crippen molar-refractivity contribution in [2.45, 2.75) is 38.6 Å². The number of amides is 1. The number of likely N-dealkylation sites (tertiary alicyclic amines) is 1. The number of phenols is 1. The van der Waals surface area contributed by atoms with Crippen molar-refractivity contribution in [2.24, 2.45) is 0 Å². The van der Waals surface area contributed by atoms with E-state index < -0.39 is 0 Å². The summed E-state index contributed by atoms with van der Waals surface area (Å²) in [5.74, 6) is 0.0857. The van der Waals surface area contributed by atoms with Crippen LogP contribution in [0.4, 0.5) is 0 Å². The number of phenolic OH excluding ortho intramolecular Hbond substituents is 1. The van der Waals surface area contributed by atoms with E-state index in [1.165, 1.54) is 6.42 Å². The van der Waals surface area contributed by atoms with Crippen molar-refractivity contribution in [2.75, 3.05) is 11.9 Å². The standard InChI is InChI=1S/C15H20BrNO2/c1-11-5-4-7-13(14(11)18)15(19)17-10-3-2-6-12(17)8-9-16/h4-5,7,12,18H,2-3,6,8-10H2,1H3. The van der Waals surface area contributed by atoms with E-state index in [0.29, 0.717) is 11.6 Å². The van der Waals surface area contributed by atoms with Crippen molar-refractivity contribution in [3.63, 3.8) is 0 Å². The van der Waals surface area contributed by atoms with E-state index in [0.717, 1.165) is 36.7 Å². The van der Waals surface area contributed by atoms with Gasteiger partial charge in [-0.25, -0.2) is 0 Å². The van der Waals surface area contributed by atoms with Crippen LogP contribution >= 0.6 is 15.9 Å². The van der Waals surface area contributed by atoms with Crippen LogP contribution in [0.25, 0.3) is 0 Å². The minimum atomic E-state index is -0.0353. The lowest BCUT2D eigenvalue weighted by molar-refractivity contribution is 0.0607. The minimum Gasteiger partial charge on any atom is -0.507 e. The molecule has 3 nitrogen and oxygen atoms in total. The zero-order valence-electron chi connectivity index (χ0n) is 11.2. The number of benzene rings is 1. The third-order valence-corrected chi connectivity index (χ3v) is 4.26. The molecule has 0 bridgehead atoms. The second-order valence-corrected chi connectivity index (χ2v) is 5.89. The Bertz CT molecular complexity index is 459. The first-order valence-corrected chi connectivity index (χ1v) is 7.93. The van der Waals surface area contributed by atoms with Crippen LogP contribution in [0.2, 0.25) is 0 Å². The lowest BCUT2D eigenvalue weighted by Crippen LogP contribution is -2.44. The van der Waals surface area contributed by atoms with Gasteiger partial charge in [-0.15, -0.1) is 0 Å². The number of alkyl halides is 1. The number of hydrogen-bond donors (Lipinski definition) is 1. The molecule has 1 unspecified atom stereocenters. The summed E-state index contributed by atoms with van der Waals surface area (Å²) in [6.45, 7) is 2.61. The Balaban J connectivity index is 2.23. The molecule has 0 saturated carbocycles. The van der Waals surface area contributed by atoms with Crippen LogP contribution in [0.3, 0.4) is 0 Å². The molecule has 1 heterocycles. The lowest BCUT2D eigenvalue weighted by Gasteiger charge is -2.35. The van der Waals surface area contributed by atoms with Crippen LogP contribution in [0, 0.1) is 6.92 Å². The Morgan fingerprint density at radius 2 is 2.26 bits per heavy atom. The van der Waals surface area contributed by atoms with Gasteiger partial charge in [-0.1, -0.05) is 28.1 Å². The van der Waals surface area contributed by atoms with Crippen LogP contribution < -0.4 is 0 Å². The summed E-state index contributed by atoms with van der Waals surface area (Å²) in [5.41, 5.74) is 1.18. The molecule has 0 aromatic heterocycles. The topological polar surface area (TPSA) is 40.5 Å². The summed E-state index contributed by atoms with van der Waals surface area (Å²) in [7, 11) is 0. The molecular weight excluding hydrogens is 306 g/mol. The number of rotatable bonds is 3. The van der Waals surface area contributed by atoms with E-state index in [2.05, 4.69) is 15.9 Å². The normalized spacial score (nSPS) is 19.5. The van der Waals surface area contributed by atoms with Crippen molar-refractivity contribution < 1.29 is 9.90 Å². The van der Waals surface area contributed by atoms with Crippen LogP contribution in [-0.2, 0) is 0 Å². The molecule has 1 atom stereocenters. The van der Waals surface area contributed by atoms with E-state index in [-0.39, 0.29) is 11.7 Å². The Labute approximate surface area is 122 Å². The molecule has 0 radical (unpaired) electrons. The van der Waals surface area contributed by atoms with Crippen LogP contribution in [0.1, 0.15) is 41.6 Å². The average Bonchev–Trinajstić information content (AvgIpc) is 2.42. The molecule has 1 aromatic rings. The highest BCUT2D eigenvalue weighted by Gasteiger charge is 2.28. The van der Waals surface area contributed by atoms with Crippen molar-refractivity contribution in [3.05, 3.63) is 29.3 Å². The number of hydrogen-bond acceptors (Lipinski definition) is 2. The number of aryl methyl sites for hydroxylation is 1. The van der Waals surface area contributed by atoms with Gasteiger partial charge < -0.3 is 10.0 Å². The van der Waals surface area contributed by atoms with E-state index in [1.807, 2.05) is 24.0 Å². The van der Waals surface area contributed by atoms with Gasteiger partial charge in [-0.3, -0.25) is 4.79 Å². The first kappa shape index (κ1) is 14.4. The molecule has 19 heavy (non-hydrogen) atoms. The van der Waals surface area contributed by atoms with Gasteiger partial charge in [0, 0.05) is 17.9 Å². The predicted octanol–water partition coefficient (Wildman–Crippen LogP) is 3.48. The molecule has 1 fully saturated rings. The summed E-state index contributed by atoms with van der Waals surface area (Å²) < 4.78 is 0. The highest BCUT2D eigenvalue weighted by molar-refractivity contribution is 9.09. The maximum absolute atomic E-state index is 12.6. The number of nitrogens with zero attached hydrogens (tertiary/aromatic N) is 1. The van der Waals surface area contributed by atoms with E-state index in [1.54, 1.807) is 6.07 Å². The van der Waals surface area contributed by atoms with Crippen molar-refractivity contribution in [1.29, 1.82) is 0 Å². The third-order valence-electron chi connectivity index (χ3n) is 3.80. The fourth-order valence-corrected chi connectivity index (χ4v) is 3.21. The molecule has 0 spiro atoms. The number of piperidine rings is 1. The smallest absolute Gasteiger partial charge is 0.257 e. The maximum atomic E-state index is 12.6. The van der Waals surface area contributed by atoms with Gasteiger partial charge >= 0.3 is 0 Å². The Kier molecular flexibility index (Phi) is 4.86. The fourth-order valence-electron chi connectivity index (χ4n) is 2.68. The number of para-hydroxylation sites is 1. The van der Waals surface area contributed by atoms with Crippen molar-refractivity contribution in [3.8, 4) is 5.75 Å². The van der Waals surface area contributed by atoms with Gasteiger partial charge in [-0.05, 0) is 44.2 Å². The number of halogens is 1. The quantitative estimate of drug-likeness (QED) is 0.864. The lowest BCUT2D eigenvalue weighted by atomic mass is 9.98. The minimum absolute atomic E-state index is 0.0353. The van der Waals surface area contributed by atoms with E-state index >= 15 is 0 Å². The van der Waals surface area contributed by atoms with Crippen molar-refractivity contribution in [1.82, 2.24) is 4.90 Å². The number of carbonyl (C=O) groups is 1. The number of aromatic hydroxyl groups is 1. The molecule has 4 heteroatoms. The summed E-state index contributed by atoms with van der Waals surface area (Å²) in [5, 5.41) is 11.0. The largest absolute Gasteiger partial charge is 0.507 e. The molecular formula is C15H20BrNO2. The zero-order valence-corrected chi connectivity index (χ0v) is 12.8. The molecule has 2 rings (SSSR count). The Morgan fingerprint density at radius 1 is 1.47 bits per heavy atom. The van der Waals surface area contributed by atoms with Gasteiger partial charge in [0.05, 0.1) is 5.56 Å². The van der Waals surface area contributed by atoms with Gasteiger partial charge in [-0.2, -0.15) is 0 Å². The summed E-state index contributed by atoms with van der Waals surface area (Å²) in [6.07, 6.45) is 4.26. The fraction of sp³-hybridized carbons (Fsp3) is 0.533. The molecule has 1 N–H and O–H groups in total. The van der Waals surface area contributed by atoms with Crippen LogP contribution in [-0.4, -0.2) is 33.8 Å². The highest BCUT2D eigenvalue weighted by Crippen LogP contribution is 2.27.